The first-order chi connectivity index (χ1) is 7.00. The van der Waals surface area contributed by atoms with Gasteiger partial charge in [0.15, 0.2) is 0 Å². The second-order valence-corrected chi connectivity index (χ2v) is 5.34. The molecule has 1 aromatic carbocycles. The molecule has 1 aliphatic carbocycles. The number of benzene rings is 1. The molecule has 82 valence electrons. The van der Waals surface area contributed by atoms with Crippen LogP contribution in [0.2, 0.25) is 5.02 Å². The van der Waals surface area contributed by atoms with Gasteiger partial charge in [0.25, 0.3) is 0 Å². The van der Waals surface area contributed by atoms with Gasteiger partial charge >= 0.3 is 0 Å². The predicted molar refractivity (Wildman–Crippen MR) is 63.4 cm³/mol. The van der Waals surface area contributed by atoms with Crippen LogP contribution in [0.5, 0.6) is 0 Å². The maximum Gasteiger partial charge on any atom is 0.0690 e. The van der Waals surface area contributed by atoms with E-state index in [0.717, 1.165) is 24.3 Å². The fourth-order valence-electron chi connectivity index (χ4n) is 1.97. The molecule has 0 spiro atoms. The van der Waals surface area contributed by atoms with Gasteiger partial charge in [-0.05, 0) is 42.0 Å². The minimum absolute atomic E-state index is 0.436. The normalized spacial score (nSPS) is 18.2. The molecule has 0 radical (unpaired) electrons. The highest BCUT2D eigenvalue weighted by molar-refractivity contribution is 6.30. The molecule has 1 saturated carbocycles. The van der Waals surface area contributed by atoms with Crippen LogP contribution in [0.4, 0.5) is 0 Å². The van der Waals surface area contributed by atoms with Crippen LogP contribution in [0.25, 0.3) is 0 Å². The first-order valence-corrected chi connectivity index (χ1v) is 5.89. The smallest absolute Gasteiger partial charge is 0.0690 e. The van der Waals surface area contributed by atoms with Crippen molar-refractivity contribution in [2.24, 2.45) is 0 Å². The predicted octanol–water partition coefficient (Wildman–Crippen LogP) is 3.53. The van der Waals surface area contributed by atoms with Gasteiger partial charge < -0.3 is 5.11 Å². The molecular formula is C13H17ClO. The molecule has 0 saturated heterocycles. The molecular weight excluding hydrogens is 208 g/mol. The van der Waals surface area contributed by atoms with Gasteiger partial charge in [-0.1, -0.05) is 31.5 Å². The Morgan fingerprint density at radius 2 is 2.07 bits per heavy atom. The van der Waals surface area contributed by atoms with Crippen molar-refractivity contribution in [2.45, 2.75) is 44.6 Å². The zero-order valence-electron chi connectivity index (χ0n) is 9.26. The lowest BCUT2D eigenvalue weighted by Gasteiger charge is -2.15. The molecule has 2 heteroatoms. The van der Waals surface area contributed by atoms with Gasteiger partial charge in [-0.3, -0.25) is 0 Å². The quantitative estimate of drug-likeness (QED) is 0.833. The van der Waals surface area contributed by atoms with E-state index in [-0.39, 0.29) is 0 Å². The molecule has 0 bridgehead atoms. The Morgan fingerprint density at radius 3 is 2.60 bits per heavy atom. The fourth-order valence-corrected chi connectivity index (χ4v) is 2.16. The molecule has 0 heterocycles. The number of hydrogen-bond acceptors (Lipinski definition) is 1. The van der Waals surface area contributed by atoms with Crippen molar-refractivity contribution < 1.29 is 5.11 Å². The molecule has 15 heavy (non-hydrogen) atoms. The van der Waals surface area contributed by atoms with Crippen LogP contribution in [0.15, 0.2) is 18.2 Å². The summed E-state index contributed by atoms with van der Waals surface area (Å²) in [6, 6.07) is 6.00. The molecule has 0 amide bonds. The summed E-state index contributed by atoms with van der Waals surface area (Å²) in [5.74, 6) is 0.486. The molecule has 0 atom stereocenters. The Balaban J connectivity index is 2.29. The Kier molecular flexibility index (Phi) is 2.78. The topological polar surface area (TPSA) is 20.2 Å². The fraction of sp³-hybridized carbons (Fsp3) is 0.538. The summed E-state index contributed by atoms with van der Waals surface area (Å²) in [4.78, 5) is 0. The van der Waals surface area contributed by atoms with Crippen LogP contribution in [-0.4, -0.2) is 10.7 Å². The van der Waals surface area contributed by atoms with E-state index < -0.39 is 5.60 Å². The highest BCUT2D eigenvalue weighted by Crippen LogP contribution is 2.40. The van der Waals surface area contributed by atoms with Gasteiger partial charge in [-0.15, -0.1) is 0 Å². The van der Waals surface area contributed by atoms with Crippen LogP contribution >= 0.6 is 11.6 Å². The minimum atomic E-state index is -0.436. The maximum atomic E-state index is 9.94. The molecule has 1 nitrogen and oxygen atoms in total. The number of halogens is 1. The largest absolute Gasteiger partial charge is 0.390 e. The van der Waals surface area contributed by atoms with E-state index in [1.54, 1.807) is 0 Å². The van der Waals surface area contributed by atoms with Crippen molar-refractivity contribution in [1.82, 2.24) is 0 Å². The summed E-state index contributed by atoms with van der Waals surface area (Å²) in [6.45, 7) is 4.34. The van der Waals surface area contributed by atoms with E-state index >= 15 is 0 Å². The Morgan fingerprint density at radius 1 is 1.40 bits per heavy atom. The third-order valence-electron chi connectivity index (χ3n) is 3.07. The zero-order chi connectivity index (χ0) is 11.1. The monoisotopic (exact) mass is 224 g/mol. The maximum absolute atomic E-state index is 9.94. The van der Waals surface area contributed by atoms with Crippen LogP contribution in [0.3, 0.4) is 0 Å². The Bertz CT molecular complexity index is 367. The summed E-state index contributed by atoms with van der Waals surface area (Å²) in [6.07, 6.45) is 2.61. The van der Waals surface area contributed by atoms with Crippen molar-refractivity contribution >= 4 is 11.6 Å². The molecule has 1 N–H and O–H groups in total. The second-order valence-electron chi connectivity index (χ2n) is 4.90. The zero-order valence-corrected chi connectivity index (χ0v) is 10.0. The second kappa shape index (κ2) is 3.80. The van der Waals surface area contributed by atoms with Gasteiger partial charge in [0.05, 0.1) is 5.60 Å². The Hall–Kier alpha value is -0.530. The van der Waals surface area contributed by atoms with Crippen LogP contribution in [-0.2, 0) is 6.42 Å². The van der Waals surface area contributed by atoms with Crippen molar-refractivity contribution in [1.29, 1.82) is 0 Å². The van der Waals surface area contributed by atoms with E-state index in [2.05, 4.69) is 19.9 Å². The summed E-state index contributed by atoms with van der Waals surface area (Å²) in [5.41, 5.74) is 2.08. The molecule has 2 rings (SSSR count). The van der Waals surface area contributed by atoms with E-state index in [1.807, 2.05) is 12.1 Å². The lowest BCUT2D eigenvalue weighted by molar-refractivity contribution is 0.150. The van der Waals surface area contributed by atoms with Gasteiger partial charge in [-0.2, -0.15) is 0 Å². The first-order valence-electron chi connectivity index (χ1n) is 5.51. The van der Waals surface area contributed by atoms with Gasteiger partial charge in [0.1, 0.15) is 0 Å². The average Bonchev–Trinajstić information content (AvgIpc) is 2.82. The molecule has 1 aliphatic rings. The summed E-state index contributed by atoms with van der Waals surface area (Å²) in [7, 11) is 0. The SMILES string of the molecule is CC(C)c1ccc(Cl)cc1CC1(O)CC1. The van der Waals surface area contributed by atoms with Crippen molar-refractivity contribution in [3.63, 3.8) is 0 Å². The number of rotatable bonds is 3. The molecule has 1 aromatic rings. The van der Waals surface area contributed by atoms with Crippen LogP contribution in [0, 0.1) is 0 Å². The first kappa shape index (κ1) is 11.0. The van der Waals surface area contributed by atoms with Crippen LogP contribution in [0.1, 0.15) is 43.7 Å². The standard InChI is InChI=1S/C13H17ClO/c1-9(2)12-4-3-11(14)7-10(12)8-13(15)5-6-13/h3-4,7,9,15H,5-6,8H2,1-2H3. The summed E-state index contributed by atoms with van der Waals surface area (Å²) in [5, 5.41) is 10.7. The minimum Gasteiger partial charge on any atom is -0.390 e. The number of hydrogen-bond donors (Lipinski definition) is 1. The number of aliphatic hydroxyl groups is 1. The molecule has 0 aromatic heterocycles. The van der Waals surface area contributed by atoms with E-state index in [4.69, 9.17) is 11.6 Å². The highest BCUT2D eigenvalue weighted by atomic mass is 35.5. The molecule has 0 aliphatic heterocycles. The Labute approximate surface area is 96.1 Å². The van der Waals surface area contributed by atoms with Crippen molar-refractivity contribution in [3.8, 4) is 0 Å². The third kappa shape index (κ3) is 2.53. The highest BCUT2D eigenvalue weighted by Gasteiger charge is 2.40. The van der Waals surface area contributed by atoms with Crippen LogP contribution < -0.4 is 0 Å². The summed E-state index contributed by atoms with van der Waals surface area (Å²) >= 11 is 5.99. The third-order valence-corrected chi connectivity index (χ3v) is 3.31. The van der Waals surface area contributed by atoms with Gasteiger partial charge in [-0.25, -0.2) is 0 Å². The van der Waals surface area contributed by atoms with E-state index in [9.17, 15) is 5.11 Å². The van der Waals surface area contributed by atoms with E-state index in [0.29, 0.717) is 5.92 Å². The lowest BCUT2D eigenvalue weighted by Crippen LogP contribution is -2.12. The van der Waals surface area contributed by atoms with Gasteiger partial charge in [0.2, 0.25) is 0 Å². The molecule has 0 unspecified atom stereocenters. The van der Waals surface area contributed by atoms with Crippen molar-refractivity contribution in [3.05, 3.63) is 34.3 Å². The van der Waals surface area contributed by atoms with Gasteiger partial charge in [0, 0.05) is 11.4 Å². The lowest BCUT2D eigenvalue weighted by atomic mass is 9.93. The van der Waals surface area contributed by atoms with Crippen molar-refractivity contribution in [2.75, 3.05) is 0 Å². The molecule has 1 fully saturated rings. The average molecular weight is 225 g/mol. The van der Waals surface area contributed by atoms with E-state index in [1.165, 1.54) is 11.1 Å². The summed E-state index contributed by atoms with van der Waals surface area (Å²) < 4.78 is 0.